The monoisotopic (exact) mass is 457 g/mol. The minimum absolute atomic E-state index is 0.0461. The molecule has 7 heteroatoms. The van der Waals surface area contributed by atoms with E-state index in [0.29, 0.717) is 28.1 Å². The number of aliphatic hydroxyl groups excluding tert-OH is 1. The summed E-state index contributed by atoms with van der Waals surface area (Å²) in [7, 11) is 1.46. The summed E-state index contributed by atoms with van der Waals surface area (Å²) in [5, 5.41) is 11.2. The van der Waals surface area contributed by atoms with E-state index < -0.39 is 23.7 Å². The van der Waals surface area contributed by atoms with Crippen molar-refractivity contribution >= 4 is 29.1 Å². The van der Waals surface area contributed by atoms with Gasteiger partial charge >= 0.3 is 5.97 Å². The van der Waals surface area contributed by atoms with Crippen LogP contribution >= 0.6 is 0 Å². The van der Waals surface area contributed by atoms with Gasteiger partial charge in [0, 0.05) is 5.69 Å². The molecule has 1 atom stereocenters. The topological polar surface area (TPSA) is 93.1 Å². The normalized spacial score (nSPS) is 17.0. The smallest absolute Gasteiger partial charge is 0.338 e. The summed E-state index contributed by atoms with van der Waals surface area (Å²) in [6, 6.07) is 21.1. The van der Waals surface area contributed by atoms with Crippen molar-refractivity contribution in [1.29, 1.82) is 0 Å². The van der Waals surface area contributed by atoms with Crippen LogP contribution in [0.5, 0.6) is 5.75 Å². The number of para-hydroxylation sites is 1. The molecule has 1 fully saturated rings. The number of carbonyl (C=O) groups excluding carboxylic acids is 3. The number of hydrogen-bond donors (Lipinski definition) is 1. The zero-order chi connectivity index (χ0) is 24.2. The number of nitrogens with zero attached hydrogens (tertiary/aromatic N) is 1. The summed E-state index contributed by atoms with van der Waals surface area (Å²) in [5.41, 5.74) is 1.64. The molecule has 1 saturated heterocycles. The van der Waals surface area contributed by atoms with Crippen LogP contribution in [0.2, 0.25) is 0 Å². The molecule has 4 rings (SSSR count). The number of methoxy groups -OCH3 is 1. The van der Waals surface area contributed by atoms with Gasteiger partial charge < -0.3 is 14.6 Å². The Kier molecular flexibility index (Phi) is 6.45. The van der Waals surface area contributed by atoms with E-state index >= 15 is 0 Å². The third-order valence-electron chi connectivity index (χ3n) is 5.58. The van der Waals surface area contributed by atoms with Crippen molar-refractivity contribution in [3.8, 4) is 5.75 Å². The molecule has 1 aliphatic heterocycles. The van der Waals surface area contributed by atoms with Crippen LogP contribution in [0.1, 0.15) is 34.5 Å². The molecule has 1 unspecified atom stereocenters. The maximum Gasteiger partial charge on any atom is 0.338 e. The third kappa shape index (κ3) is 4.03. The maximum atomic E-state index is 13.2. The Morgan fingerprint density at radius 1 is 0.941 bits per heavy atom. The van der Waals surface area contributed by atoms with Gasteiger partial charge in [0.25, 0.3) is 11.7 Å². The first-order valence-electron chi connectivity index (χ1n) is 10.7. The number of aliphatic hydroxyl groups is 1. The summed E-state index contributed by atoms with van der Waals surface area (Å²) >= 11 is 0. The Bertz CT molecular complexity index is 1260. The number of Topliss-reactive ketones (excluding diaryl/α,β-unsaturated/α-hetero) is 1. The molecule has 172 valence electrons. The van der Waals surface area contributed by atoms with Crippen molar-refractivity contribution in [2.75, 3.05) is 18.6 Å². The number of amides is 1. The maximum absolute atomic E-state index is 13.2. The number of anilines is 1. The molecule has 0 saturated carbocycles. The van der Waals surface area contributed by atoms with Crippen LogP contribution in [0.15, 0.2) is 84.4 Å². The largest absolute Gasteiger partial charge is 0.507 e. The van der Waals surface area contributed by atoms with E-state index in [9.17, 15) is 19.5 Å². The summed E-state index contributed by atoms with van der Waals surface area (Å²) in [5.74, 6) is -2.03. The van der Waals surface area contributed by atoms with Gasteiger partial charge in [0.05, 0.1) is 36.5 Å². The number of hydrogen-bond acceptors (Lipinski definition) is 6. The second kappa shape index (κ2) is 9.62. The van der Waals surface area contributed by atoms with Gasteiger partial charge in [-0.05, 0) is 48.9 Å². The molecule has 0 aliphatic carbocycles. The number of carbonyl (C=O) groups is 3. The molecule has 0 spiro atoms. The molecule has 0 radical (unpaired) electrons. The molecule has 3 aromatic carbocycles. The molecule has 1 N–H and O–H groups in total. The van der Waals surface area contributed by atoms with Crippen molar-refractivity contribution in [3.63, 3.8) is 0 Å². The first-order valence-corrected chi connectivity index (χ1v) is 10.7. The molecule has 0 bridgehead atoms. The first kappa shape index (κ1) is 22.8. The summed E-state index contributed by atoms with van der Waals surface area (Å²) in [6.07, 6.45) is 0. The lowest BCUT2D eigenvalue weighted by atomic mass is 9.95. The molecule has 7 nitrogen and oxygen atoms in total. The lowest BCUT2D eigenvalue weighted by Gasteiger charge is -2.25. The summed E-state index contributed by atoms with van der Waals surface area (Å²) in [6.45, 7) is 1.96. The van der Waals surface area contributed by atoms with Crippen LogP contribution in [0.25, 0.3) is 5.76 Å². The molecule has 1 heterocycles. The van der Waals surface area contributed by atoms with Crippen LogP contribution < -0.4 is 9.64 Å². The standard InChI is InChI=1S/C27H23NO6/c1-3-34-27(32)18-13-15-19(16-14-18)28-23(17-9-5-4-6-10-17)22(25(30)26(28)31)24(29)20-11-7-8-12-21(20)33-2/h4-16,23,29H,3H2,1-2H3. The molecule has 34 heavy (non-hydrogen) atoms. The Labute approximate surface area is 196 Å². The van der Waals surface area contributed by atoms with Crippen LogP contribution in [0.4, 0.5) is 5.69 Å². The lowest BCUT2D eigenvalue weighted by molar-refractivity contribution is -0.132. The van der Waals surface area contributed by atoms with Gasteiger partial charge in [0.1, 0.15) is 11.5 Å². The molecular weight excluding hydrogens is 434 g/mol. The van der Waals surface area contributed by atoms with Crippen LogP contribution in [0.3, 0.4) is 0 Å². The molecule has 0 aromatic heterocycles. The van der Waals surface area contributed by atoms with E-state index in [1.165, 1.54) is 24.1 Å². The molecule has 3 aromatic rings. The van der Waals surface area contributed by atoms with Crippen LogP contribution in [0, 0.1) is 0 Å². The van der Waals surface area contributed by atoms with E-state index in [1.54, 1.807) is 67.6 Å². The van der Waals surface area contributed by atoms with E-state index in [-0.39, 0.29) is 17.9 Å². The SMILES string of the molecule is CCOC(=O)c1ccc(N2C(=O)C(=O)C(=C(O)c3ccccc3OC)C2c2ccccc2)cc1. The van der Waals surface area contributed by atoms with E-state index in [2.05, 4.69) is 0 Å². The van der Waals surface area contributed by atoms with Gasteiger partial charge in [-0.2, -0.15) is 0 Å². The van der Waals surface area contributed by atoms with Crippen molar-refractivity contribution < 1.29 is 29.0 Å². The van der Waals surface area contributed by atoms with E-state index in [1.807, 2.05) is 6.07 Å². The Morgan fingerprint density at radius 2 is 1.59 bits per heavy atom. The number of rotatable bonds is 6. The molecular formula is C27H23NO6. The highest BCUT2D eigenvalue weighted by atomic mass is 16.5. The fourth-order valence-electron chi connectivity index (χ4n) is 4.01. The lowest BCUT2D eigenvalue weighted by Crippen LogP contribution is -2.29. The van der Waals surface area contributed by atoms with Crippen LogP contribution in [-0.4, -0.2) is 36.5 Å². The summed E-state index contributed by atoms with van der Waals surface area (Å²) < 4.78 is 10.4. The minimum Gasteiger partial charge on any atom is -0.507 e. The van der Waals surface area contributed by atoms with Gasteiger partial charge in [-0.25, -0.2) is 4.79 Å². The average Bonchev–Trinajstić information content (AvgIpc) is 3.14. The van der Waals surface area contributed by atoms with E-state index in [0.717, 1.165) is 0 Å². The van der Waals surface area contributed by atoms with E-state index in [4.69, 9.17) is 9.47 Å². The predicted molar refractivity (Wildman–Crippen MR) is 127 cm³/mol. The highest BCUT2D eigenvalue weighted by Crippen LogP contribution is 2.43. The third-order valence-corrected chi connectivity index (χ3v) is 5.58. The highest BCUT2D eigenvalue weighted by molar-refractivity contribution is 6.51. The zero-order valence-corrected chi connectivity index (χ0v) is 18.7. The first-order chi connectivity index (χ1) is 16.5. The Morgan fingerprint density at radius 3 is 2.24 bits per heavy atom. The highest BCUT2D eigenvalue weighted by Gasteiger charge is 2.47. The number of ketones is 1. The number of benzene rings is 3. The van der Waals surface area contributed by atoms with Gasteiger partial charge in [-0.15, -0.1) is 0 Å². The van der Waals surface area contributed by atoms with Crippen molar-refractivity contribution in [2.45, 2.75) is 13.0 Å². The second-order valence-corrected chi connectivity index (χ2v) is 7.55. The number of esters is 1. The zero-order valence-electron chi connectivity index (χ0n) is 18.7. The number of ether oxygens (including phenoxy) is 2. The van der Waals surface area contributed by atoms with Gasteiger partial charge in [-0.3, -0.25) is 14.5 Å². The van der Waals surface area contributed by atoms with Gasteiger partial charge in [-0.1, -0.05) is 42.5 Å². The Balaban J connectivity index is 1.87. The van der Waals surface area contributed by atoms with Gasteiger partial charge in [0.15, 0.2) is 0 Å². The van der Waals surface area contributed by atoms with Crippen molar-refractivity contribution in [1.82, 2.24) is 0 Å². The second-order valence-electron chi connectivity index (χ2n) is 7.55. The van der Waals surface area contributed by atoms with Crippen LogP contribution in [-0.2, 0) is 14.3 Å². The minimum atomic E-state index is -0.875. The quantitative estimate of drug-likeness (QED) is 0.254. The fourth-order valence-corrected chi connectivity index (χ4v) is 4.01. The summed E-state index contributed by atoms with van der Waals surface area (Å²) in [4.78, 5) is 39.8. The van der Waals surface area contributed by atoms with Crippen molar-refractivity contribution in [2.24, 2.45) is 0 Å². The molecule has 1 amide bonds. The van der Waals surface area contributed by atoms with Crippen molar-refractivity contribution in [3.05, 3.63) is 101 Å². The molecule has 1 aliphatic rings. The van der Waals surface area contributed by atoms with Gasteiger partial charge in [0.2, 0.25) is 0 Å². The Hall–Kier alpha value is -4.39. The average molecular weight is 457 g/mol. The fraction of sp³-hybridized carbons (Fsp3) is 0.148. The predicted octanol–water partition coefficient (Wildman–Crippen LogP) is 4.50.